The normalized spacial score (nSPS) is 11.6. The number of aryl methyl sites for hydroxylation is 1. The molecular weight excluding hydrogens is 280 g/mol. The van der Waals surface area contributed by atoms with Gasteiger partial charge < -0.3 is 11.1 Å². The number of nitrogen functional groups attached to an aromatic ring is 1. The zero-order chi connectivity index (χ0) is 15.5. The molecule has 114 valence electrons. The van der Waals surface area contributed by atoms with E-state index in [2.05, 4.69) is 53.6 Å². The lowest BCUT2D eigenvalue weighted by Gasteiger charge is -2.24. The Bertz CT molecular complexity index is 591. The molecule has 0 amide bonds. The molecule has 0 aliphatic carbocycles. The Balaban J connectivity index is 2.16. The highest BCUT2D eigenvalue weighted by Crippen LogP contribution is 2.28. The first-order chi connectivity index (χ1) is 9.94. The van der Waals surface area contributed by atoms with Crippen molar-refractivity contribution in [2.45, 2.75) is 46.0 Å². The van der Waals surface area contributed by atoms with Crippen molar-refractivity contribution in [3.8, 4) is 0 Å². The van der Waals surface area contributed by atoms with Crippen LogP contribution in [-0.4, -0.2) is 16.5 Å². The molecule has 2 aromatic rings. The topological polar surface area (TPSA) is 63.8 Å². The van der Waals surface area contributed by atoms with Crippen molar-refractivity contribution in [2.75, 3.05) is 17.6 Å². The summed E-state index contributed by atoms with van der Waals surface area (Å²) in [7, 11) is 0. The van der Waals surface area contributed by atoms with E-state index in [-0.39, 0.29) is 5.41 Å². The fraction of sp³-hybridized carbons (Fsp3) is 0.500. The van der Waals surface area contributed by atoms with Gasteiger partial charge in [-0.3, -0.25) is 0 Å². The highest BCUT2D eigenvalue weighted by atomic mass is 32.1. The Hall–Kier alpha value is -1.62. The van der Waals surface area contributed by atoms with Gasteiger partial charge in [0.1, 0.15) is 17.5 Å². The Morgan fingerprint density at radius 1 is 1.33 bits per heavy atom. The molecule has 5 heteroatoms. The van der Waals surface area contributed by atoms with Gasteiger partial charge >= 0.3 is 0 Å². The van der Waals surface area contributed by atoms with Gasteiger partial charge in [-0.1, -0.05) is 26.8 Å². The Kier molecular flexibility index (Phi) is 4.83. The predicted molar refractivity (Wildman–Crippen MR) is 91.0 cm³/mol. The van der Waals surface area contributed by atoms with Crippen molar-refractivity contribution >= 4 is 23.0 Å². The first kappa shape index (κ1) is 15.8. The first-order valence-corrected chi connectivity index (χ1v) is 8.23. The van der Waals surface area contributed by atoms with Crippen molar-refractivity contribution < 1.29 is 0 Å². The zero-order valence-corrected chi connectivity index (χ0v) is 14.0. The minimum Gasteiger partial charge on any atom is -0.383 e. The highest BCUT2D eigenvalue weighted by molar-refractivity contribution is 7.10. The van der Waals surface area contributed by atoms with E-state index in [1.807, 2.05) is 6.92 Å². The summed E-state index contributed by atoms with van der Waals surface area (Å²) in [6.07, 6.45) is 1.87. The molecule has 3 N–H and O–H groups in total. The van der Waals surface area contributed by atoms with Crippen LogP contribution in [0.4, 0.5) is 11.6 Å². The van der Waals surface area contributed by atoms with E-state index in [0.717, 1.165) is 36.6 Å². The minimum absolute atomic E-state index is 0.0608. The summed E-state index contributed by atoms with van der Waals surface area (Å²) in [6, 6.07) is 4.27. The summed E-state index contributed by atoms with van der Waals surface area (Å²) < 4.78 is 0. The maximum atomic E-state index is 6.00. The number of nitrogens with zero attached hydrogens (tertiary/aromatic N) is 2. The molecule has 21 heavy (non-hydrogen) atoms. The maximum Gasteiger partial charge on any atom is 0.134 e. The van der Waals surface area contributed by atoms with Crippen LogP contribution in [-0.2, 0) is 11.8 Å². The predicted octanol–water partition coefficient (Wildman–Crippen LogP) is 3.77. The standard InChI is InChI=1S/C16H24N4S/c1-5-7-13-19-14(17)11(2)15(20-13)18-10-16(3,4)12-8-6-9-21-12/h6,8-9H,5,7,10H2,1-4H3,(H3,17,18,19,20). The molecule has 2 heterocycles. The third kappa shape index (κ3) is 3.73. The van der Waals surface area contributed by atoms with Crippen LogP contribution in [0, 0.1) is 6.92 Å². The molecule has 0 saturated heterocycles. The molecule has 0 radical (unpaired) electrons. The van der Waals surface area contributed by atoms with Crippen molar-refractivity contribution in [1.82, 2.24) is 9.97 Å². The average molecular weight is 304 g/mol. The first-order valence-electron chi connectivity index (χ1n) is 7.35. The van der Waals surface area contributed by atoms with Gasteiger partial charge in [-0.25, -0.2) is 9.97 Å². The molecular formula is C16H24N4S. The highest BCUT2D eigenvalue weighted by Gasteiger charge is 2.22. The van der Waals surface area contributed by atoms with E-state index in [9.17, 15) is 0 Å². The Labute approximate surface area is 130 Å². The van der Waals surface area contributed by atoms with E-state index in [0.29, 0.717) is 5.82 Å². The van der Waals surface area contributed by atoms with Crippen LogP contribution in [0.15, 0.2) is 17.5 Å². The maximum absolute atomic E-state index is 6.00. The largest absolute Gasteiger partial charge is 0.383 e. The number of nitrogens with two attached hydrogens (primary N) is 1. The fourth-order valence-corrected chi connectivity index (χ4v) is 3.00. The Morgan fingerprint density at radius 2 is 2.10 bits per heavy atom. The molecule has 0 aromatic carbocycles. The third-order valence-electron chi connectivity index (χ3n) is 3.59. The third-order valence-corrected chi connectivity index (χ3v) is 4.83. The van der Waals surface area contributed by atoms with Gasteiger partial charge in [-0.05, 0) is 24.8 Å². The van der Waals surface area contributed by atoms with Crippen LogP contribution >= 0.6 is 11.3 Å². The van der Waals surface area contributed by atoms with E-state index < -0.39 is 0 Å². The molecule has 0 spiro atoms. The fourth-order valence-electron chi connectivity index (χ4n) is 2.15. The van der Waals surface area contributed by atoms with Gasteiger partial charge in [0.15, 0.2) is 0 Å². The minimum atomic E-state index is 0.0608. The van der Waals surface area contributed by atoms with Gasteiger partial charge in [0.2, 0.25) is 0 Å². The summed E-state index contributed by atoms with van der Waals surface area (Å²) in [5.41, 5.74) is 6.98. The van der Waals surface area contributed by atoms with Crippen molar-refractivity contribution in [2.24, 2.45) is 0 Å². The number of thiophene rings is 1. The lowest BCUT2D eigenvalue weighted by Crippen LogP contribution is -2.27. The van der Waals surface area contributed by atoms with Crippen molar-refractivity contribution in [3.63, 3.8) is 0 Å². The summed E-state index contributed by atoms with van der Waals surface area (Å²) >= 11 is 1.79. The van der Waals surface area contributed by atoms with Gasteiger partial charge in [0.25, 0.3) is 0 Å². The number of anilines is 2. The number of hydrogen-bond donors (Lipinski definition) is 2. The molecule has 0 unspecified atom stereocenters. The molecule has 0 saturated carbocycles. The van der Waals surface area contributed by atoms with Gasteiger partial charge in [-0.15, -0.1) is 11.3 Å². The van der Waals surface area contributed by atoms with Crippen LogP contribution in [0.2, 0.25) is 0 Å². The van der Waals surface area contributed by atoms with Crippen LogP contribution in [0.5, 0.6) is 0 Å². The Morgan fingerprint density at radius 3 is 2.71 bits per heavy atom. The lowest BCUT2D eigenvalue weighted by atomic mass is 9.91. The molecule has 0 atom stereocenters. The molecule has 2 aromatic heterocycles. The second-order valence-electron chi connectivity index (χ2n) is 5.96. The molecule has 0 aliphatic heterocycles. The monoisotopic (exact) mass is 304 g/mol. The average Bonchev–Trinajstić information content (AvgIpc) is 2.96. The van der Waals surface area contributed by atoms with Gasteiger partial charge in [0, 0.05) is 28.8 Å². The molecule has 0 fully saturated rings. The number of nitrogens with one attached hydrogen (secondary N) is 1. The van der Waals surface area contributed by atoms with Crippen LogP contribution in [0.3, 0.4) is 0 Å². The summed E-state index contributed by atoms with van der Waals surface area (Å²) in [5, 5.41) is 5.57. The quantitative estimate of drug-likeness (QED) is 0.852. The number of aromatic nitrogens is 2. The van der Waals surface area contributed by atoms with Crippen molar-refractivity contribution in [1.29, 1.82) is 0 Å². The van der Waals surface area contributed by atoms with Crippen LogP contribution in [0.25, 0.3) is 0 Å². The summed E-state index contributed by atoms with van der Waals surface area (Å²) in [6.45, 7) is 9.37. The van der Waals surface area contributed by atoms with E-state index in [1.165, 1.54) is 4.88 Å². The van der Waals surface area contributed by atoms with Gasteiger partial charge in [-0.2, -0.15) is 0 Å². The molecule has 4 nitrogen and oxygen atoms in total. The van der Waals surface area contributed by atoms with E-state index in [4.69, 9.17) is 5.73 Å². The SMILES string of the molecule is CCCc1nc(N)c(C)c(NCC(C)(C)c2cccs2)n1. The summed E-state index contributed by atoms with van der Waals surface area (Å²) in [5.74, 6) is 2.25. The zero-order valence-electron chi connectivity index (χ0n) is 13.2. The van der Waals surface area contributed by atoms with Crippen molar-refractivity contribution in [3.05, 3.63) is 33.8 Å². The second kappa shape index (κ2) is 6.43. The number of rotatable bonds is 6. The van der Waals surface area contributed by atoms with E-state index in [1.54, 1.807) is 11.3 Å². The smallest absolute Gasteiger partial charge is 0.134 e. The summed E-state index contributed by atoms with van der Waals surface area (Å²) in [4.78, 5) is 10.3. The van der Waals surface area contributed by atoms with E-state index >= 15 is 0 Å². The molecule has 2 rings (SSSR count). The van der Waals surface area contributed by atoms with Crippen LogP contribution in [0.1, 0.15) is 43.5 Å². The van der Waals surface area contributed by atoms with Gasteiger partial charge in [0.05, 0.1) is 0 Å². The second-order valence-corrected chi connectivity index (χ2v) is 6.91. The number of hydrogen-bond acceptors (Lipinski definition) is 5. The van der Waals surface area contributed by atoms with Crippen LogP contribution < -0.4 is 11.1 Å². The molecule has 0 bridgehead atoms. The molecule has 0 aliphatic rings. The lowest BCUT2D eigenvalue weighted by molar-refractivity contribution is 0.567.